The highest BCUT2D eigenvalue weighted by Crippen LogP contribution is 2.46. The van der Waals surface area contributed by atoms with Gasteiger partial charge in [0.2, 0.25) is 0 Å². The highest BCUT2D eigenvalue weighted by Gasteiger charge is 2.38. The van der Waals surface area contributed by atoms with Crippen LogP contribution in [0.3, 0.4) is 0 Å². The van der Waals surface area contributed by atoms with E-state index in [4.69, 9.17) is 9.15 Å². The van der Waals surface area contributed by atoms with Crippen LogP contribution in [0.4, 0.5) is 5.69 Å². The molecule has 0 aliphatic carbocycles. The van der Waals surface area contributed by atoms with Crippen molar-refractivity contribution in [1.29, 1.82) is 0 Å². The third kappa shape index (κ3) is 4.75. The van der Waals surface area contributed by atoms with Crippen LogP contribution in [0.15, 0.2) is 70.9 Å². The number of hydrogen-bond acceptors (Lipinski definition) is 6. The van der Waals surface area contributed by atoms with Gasteiger partial charge in [-0.25, -0.2) is 4.98 Å². The van der Waals surface area contributed by atoms with Crippen LogP contribution >= 0.6 is 0 Å². The number of esters is 1. The molecule has 0 radical (unpaired) electrons. The standard InChI is InChI=1S/C27H28N2O4/c1-18-9-11-19(12-10-18)23-16-28-25(33-23)13-14-26(31)32-17-20(30)15-24-27(2,3)21-7-5-6-8-22(21)29(24)4/h5-12,15-16H,13-14,17H2,1-4H3/b24-15-. The van der Waals surface area contributed by atoms with Crippen LogP contribution in [0, 0.1) is 6.92 Å². The summed E-state index contributed by atoms with van der Waals surface area (Å²) in [6.45, 7) is 5.90. The van der Waals surface area contributed by atoms with Gasteiger partial charge >= 0.3 is 5.97 Å². The first-order chi connectivity index (χ1) is 15.8. The van der Waals surface area contributed by atoms with Crippen LogP contribution in [0.1, 0.15) is 37.3 Å². The molecule has 6 heteroatoms. The zero-order chi connectivity index (χ0) is 23.6. The second kappa shape index (κ2) is 9.06. The maximum atomic E-state index is 12.5. The molecule has 0 saturated heterocycles. The van der Waals surface area contributed by atoms with Crippen molar-refractivity contribution in [1.82, 2.24) is 4.98 Å². The summed E-state index contributed by atoms with van der Waals surface area (Å²) >= 11 is 0. The Kier molecular flexibility index (Phi) is 6.18. The Hall–Kier alpha value is -3.67. The van der Waals surface area contributed by atoms with Crippen molar-refractivity contribution in [2.45, 2.75) is 39.0 Å². The molecular formula is C27H28N2O4. The molecule has 0 saturated carbocycles. The number of para-hydroxylation sites is 1. The number of likely N-dealkylation sites (N-methyl/N-ethyl adjacent to an activating group) is 1. The number of oxazole rings is 1. The predicted octanol–water partition coefficient (Wildman–Crippen LogP) is 5.01. The van der Waals surface area contributed by atoms with Crippen LogP contribution in [0.25, 0.3) is 11.3 Å². The topological polar surface area (TPSA) is 72.6 Å². The Morgan fingerprint density at radius 3 is 2.58 bits per heavy atom. The fourth-order valence-electron chi connectivity index (χ4n) is 4.16. The van der Waals surface area contributed by atoms with Crippen molar-refractivity contribution in [3.05, 3.63) is 83.5 Å². The Labute approximate surface area is 193 Å². The van der Waals surface area contributed by atoms with E-state index in [0.717, 1.165) is 16.9 Å². The van der Waals surface area contributed by atoms with E-state index in [-0.39, 0.29) is 24.2 Å². The third-order valence-electron chi connectivity index (χ3n) is 6.05. The first-order valence-electron chi connectivity index (χ1n) is 11.0. The van der Waals surface area contributed by atoms with Crippen LogP contribution < -0.4 is 4.90 Å². The summed E-state index contributed by atoms with van der Waals surface area (Å²) in [5.41, 5.74) is 4.93. The van der Waals surface area contributed by atoms with E-state index in [1.165, 1.54) is 11.1 Å². The lowest BCUT2D eigenvalue weighted by molar-refractivity contribution is -0.146. The zero-order valence-corrected chi connectivity index (χ0v) is 19.4. The highest BCUT2D eigenvalue weighted by atomic mass is 16.5. The van der Waals surface area contributed by atoms with Crippen molar-refractivity contribution in [2.75, 3.05) is 18.6 Å². The average molecular weight is 445 g/mol. The monoisotopic (exact) mass is 444 g/mol. The molecule has 33 heavy (non-hydrogen) atoms. The molecule has 0 unspecified atom stereocenters. The number of aromatic nitrogens is 1. The zero-order valence-electron chi connectivity index (χ0n) is 19.4. The summed E-state index contributed by atoms with van der Waals surface area (Å²) in [5, 5.41) is 0. The number of carbonyl (C=O) groups excluding carboxylic acids is 2. The van der Waals surface area contributed by atoms with Crippen molar-refractivity contribution in [3.63, 3.8) is 0 Å². The fourth-order valence-corrected chi connectivity index (χ4v) is 4.16. The molecular weight excluding hydrogens is 416 g/mol. The number of ketones is 1. The summed E-state index contributed by atoms with van der Waals surface area (Å²) in [4.78, 5) is 31.0. The number of anilines is 1. The average Bonchev–Trinajstić information content (AvgIpc) is 3.35. The number of carbonyl (C=O) groups is 2. The van der Waals surface area contributed by atoms with Gasteiger partial charge in [0.25, 0.3) is 0 Å². The van der Waals surface area contributed by atoms with E-state index in [1.807, 2.05) is 61.3 Å². The first kappa shape index (κ1) is 22.5. The minimum absolute atomic E-state index is 0.0918. The number of hydrogen-bond donors (Lipinski definition) is 0. The molecule has 0 amide bonds. The lowest BCUT2D eigenvalue weighted by Crippen LogP contribution is -2.25. The molecule has 0 spiro atoms. The lowest BCUT2D eigenvalue weighted by Gasteiger charge is -2.23. The minimum atomic E-state index is -0.459. The molecule has 170 valence electrons. The molecule has 3 aromatic rings. The largest absolute Gasteiger partial charge is 0.457 e. The van der Waals surface area contributed by atoms with Crippen molar-refractivity contribution in [3.8, 4) is 11.3 Å². The Morgan fingerprint density at radius 1 is 1.12 bits per heavy atom. The number of aryl methyl sites for hydroxylation is 2. The summed E-state index contributed by atoms with van der Waals surface area (Å²) < 4.78 is 10.9. The van der Waals surface area contributed by atoms with Crippen LogP contribution in [-0.4, -0.2) is 30.4 Å². The Balaban J connectivity index is 1.30. The quantitative estimate of drug-likeness (QED) is 0.377. The van der Waals surface area contributed by atoms with E-state index in [2.05, 4.69) is 24.9 Å². The van der Waals surface area contributed by atoms with Gasteiger partial charge < -0.3 is 14.1 Å². The van der Waals surface area contributed by atoms with Crippen molar-refractivity contribution < 1.29 is 18.7 Å². The van der Waals surface area contributed by atoms with Gasteiger partial charge in [-0.3, -0.25) is 9.59 Å². The van der Waals surface area contributed by atoms with E-state index in [1.54, 1.807) is 12.3 Å². The van der Waals surface area contributed by atoms with Crippen LogP contribution in [0.2, 0.25) is 0 Å². The highest BCUT2D eigenvalue weighted by molar-refractivity contribution is 5.94. The van der Waals surface area contributed by atoms with E-state index in [0.29, 0.717) is 18.1 Å². The van der Waals surface area contributed by atoms with Gasteiger partial charge in [-0.2, -0.15) is 0 Å². The second-order valence-corrected chi connectivity index (χ2v) is 8.84. The molecule has 2 aromatic carbocycles. The molecule has 2 heterocycles. The summed E-state index contributed by atoms with van der Waals surface area (Å²) in [6.07, 6.45) is 3.63. The third-order valence-corrected chi connectivity index (χ3v) is 6.05. The van der Waals surface area contributed by atoms with Gasteiger partial charge in [-0.1, -0.05) is 61.9 Å². The summed E-state index contributed by atoms with van der Waals surface area (Å²) in [6, 6.07) is 16.0. The van der Waals surface area contributed by atoms with Crippen LogP contribution in [-0.2, 0) is 26.2 Å². The number of rotatable bonds is 7. The van der Waals surface area contributed by atoms with E-state index >= 15 is 0 Å². The van der Waals surface area contributed by atoms with Gasteiger partial charge in [0, 0.05) is 41.9 Å². The molecule has 6 nitrogen and oxygen atoms in total. The fraction of sp³-hybridized carbons (Fsp3) is 0.296. The predicted molar refractivity (Wildman–Crippen MR) is 127 cm³/mol. The maximum Gasteiger partial charge on any atom is 0.306 e. The molecule has 0 atom stereocenters. The lowest BCUT2D eigenvalue weighted by atomic mass is 9.83. The Bertz CT molecular complexity index is 1200. The molecule has 0 bridgehead atoms. The van der Waals surface area contributed by atoms with Crippen molar-refractivity contribution >= 4 is 17.4 Å². The molecule has 4 rings (SSSR count). The normalized spacial score (nSPS) is 15.5. The van der Waals surface area contributed by atoms with Gasteiger partial charge in [-0.15, -0.1) is 0 Å². The van der Waals surface area contributed by atoms with Gasteiger partial charge in [0.1, 0.15) is 0 Å². The van der Waals surface area contributed by atoms with E-state index in [9.17, 15) is 9.59 Å². The summed E-state index contributed by atoms with van der Waals surface area (Å²) in [5.74, 6) is 0.413. The number of fused-ring (bicyclic) bond motifs is 1. The number of benzene rings is 2. The SMILES string of the molecule is Cc1ccc(-c2cnc(CCC(=O)OCC(=O)/C=C3\N(C)c4ccccc4C3(C)C)o2)cc1. The molecule has 1 aromatic heterocycles. The maximum absolute atomic E-state index is 12.5. The summed E-state index contributed by atoms with van der Waals surface area (Å²) in [7, 11) is 1.94. The minimum Gasteiger partial charge on any atom is -0.457 e. The first-order valence-corrected chi connectivity index (χ1v) is 11.0. The number of nitrogens with zero attached hydrogens (tertiary/aromatic N) is 2. The Morgan fingerprint density at radius 2 is 1.85 bits per heavy atom. The smallest absolute Gasteiger partial charge is 0.306 e. The van der Waals surface area contributed by atoms with E-state index < -0.39 is 5.97 Å². The van der Waals surface area contributed by atoms with Crippen molar-refractivity contribution in [2.24, 2.45) is 0 Å². The molecule has 0 N–H and O–H groups in total. The van der Waals surface area contributed by atoms with Gasteiger partial charge in [0.05, 0.1) is 12.6 Å². The second-order valence-electron chi connectivity index (χ2n) is 8.84. The molecule has 0 fully saturated rings. The van der Waals surface area contributed by atoms with Gasteiger partial charge in [-0.05, 0) is 18.6 Å². The number of allylic oxidation sites excluding steroid dienone is 1. The molecule has 1 aliphatic rings. The number of ether oxygens (including phenoxy) is 1. The van der Waals surface area contributed by atoms with Gasteiger partial charge in [0.15, 0.2) is 24.0 Å². The molecule has 1 aliphatic heterocycles. The van der Waals surface area contributed by atoms with Crippen LogP contribution in [0.5, 0.6) is 0 Å².